The first kappa shape index (κ1) is 19.6. The van der Waals surface area contributed by atoms with Gasteiger partial charge in [0.05, 0.1) is 17.3 Å². The van der Waals surface area contributed by atoms with Gasteiger partial charge in [0.25, 0.3) is 11.7 Å². The van der Waals surface area contributed by atoms with Crippen LogP contribution in [0.25, 0.3) is 5.78 Å². The van der Waals surface area contributed by atoms with Gasteiger partial charge >= 0.3 is 5.97 Å². The Hall–Kier alpha value is -3.69. The van der Waals surface area contributed by atoms with Crippen LogP contribution in [-0.2, 0) is 16.0 Å². The van der Waals surface area contributed by atoms with Crippen molar-refractivity contribution in [3.63, 3.8) is 0 Å². The first-order valence-corrected chi connectivity index (χ1v) is 9.60. The lowest BCUT2D eigenvalue weighted by molar-refractivity contribution is -0.124. The summed E-state index contributed by atoms with van der Waals surface area (Å²) >= 11 is 0. The number of carbonyl (C=O) groups is 2. The molecule has 1 amide bonds. The lowest BCUT2D eigenvalue weighted by Crippen LogP contribution is -2.31. The highest BCUT2D eigenvalue weighted by atomic mass is 16.6. The van der Waals surface area contributed by atoms with Gasteiger partial charge in [0.15, 0.2) is 18.1 Å². The standard InChI is InChI=1S/C20H21N5O5/c1-3-15-14(9-21-20-22-11-23-25(15)20)19(27)30-10-18(26)24-12(2)13-4-5-16-17(8-13)29-7-6-28-16/h4-5,8-9,11-12H,3,6-7,10H2,1-2H3,(H,24,26). The van der Waals surface area contributed by atoms with Gasteiger partial charge in [-0.3, -0.25) is 4.79 Å². The van der Waals surface area contributed by atoms with E-state index in [9.17, 15) is 9.59 Å². The van der Waals surface area contributed by atoms with Crippen LogP contribution < -0.4 is 14.8 Å². The van der Waals surface area contributed by atoms with Crippen LogP contribution in [0.1, 0.15) is 41.5 Å². The summed E-state index contributed by atoms with van der Waals surface area (Å²) in [6, 6.07) is 5.20. The van der Waals surface area contributed by atoms with Crippen LogP contribution in [0.3, 0.4) is 0 Å². The predicted molar refractivity (Wildman–Crippen MR) is 104 cm³/mol. The smallest absolute Gasteiger partial charge is 0.342 e. The summed E-state index contributed by atoms with van der Waals surface area (Å²) in [6.45, 7) is 4.31. The Kier molecular flexibility index (Phi) is 5.46. The second-order valence-corrected chi connectivity index (χ2v) is 6.71. The van der Waals surface area contributed by atoms with Crippen LogP contribution in [0.4, 0.5) is 0 Å². The molecule has 0 spiro atoms. The Balaban J connectivity index is 1.37. The highest BCUT2D eigenvalue weighted by Crippen LogP contribution is 2.32. The third-order valence-corrected chi connectivity index (χ3v) is 4.74. The molecule has 1 unspecified atom stereocenters. The first-order chi connectivity index (χ1) is 14.6. The van der Waals surface area contributed by atoms with Gasteiger partial charge in [-0.05, 0) is 31.0 Å². The molecule has 0 radical (unpaired) electrons. The molecule has 0 aliphatic carbocycles. The highest BCUT2D eigenvalue weighted by Gasteiger charge is 2.20. The molecule has 0 bridgehead atoms. The second kappa shape index (κ2) is 8.36. The molecule has 10 nitrogen and oxygen atoms in total. The SMILES string of the molecule is CCc1c(C(=O)OCC(=O)NC(C)c2ccc3c(c2)OCCO3)cnc2ncnn12. The van der Waals surface area contributed by atoms with Crippen molar-refractivity contribution in [3.05, 3.63) is 47.5 Å². The van der Waals surface area contributed by atoms with Crippen molar-refractivity contribution in [3.8, 4) is 11.5 Å². The normalized spacial score (nSPS) is 13.7. The maximum absolute atomic E-state index is 12.5. The topological polar surface area (TPSA) is 117 Å². The van der Waals surface area contributed by atoms with Gasteiger partial charge < -0.3 is 19.5 Å². The minimum absolute atomic E-state index is 0.253. The van der Waals surface area contributed by atoms with Gasteiger partial charge in [0.2, 0.25) is 0 Å². The van der Waals surface area contributed by atoms with Crippen LogP contribution in [0.15, 0.2) is 30.7 Å². The average Bonchev–Trinajstić information content (AvgIpc) is 3.25. The van der Waals surface area contributed by atoms with E-state index in [-0.39, 0.29) is 11.6 Å². The molecule has 0 saturated carbocycles. The summed E-state index contributed by atoms with van der Waals surface area (Å²) in [5.41, 5.74) is 1.73. The number of hydrogen-bond donors (Lipinski definition) is 1. The van der Waals surface area contributed by atoms with Crippen molar-refractivity contribution in [2.75, 3.05) is 19.8 Å². The van der Waals surface area contributed by atoms with Crippen molar-refractivity contribution in [1.82, 2.24) is 24.9 Å². The lowest BCUT2D eigenvalue weighted by atomic mass is 10.1. The Bertz CT molecular complexity index is 1100. The van der Waals surface area contributed by atoms with Gasteiger partial charge in [0, 0.05) is 6.20 Å². The zero-order valence-corrected chi connectivity index (χ0v) is 16.6. The quantitative estimate of drug-likeness (QED) is 0.607. The number of amides is 1. The number of benzene rings is 1. The number of esters is 1. The maximum atomic E-state index is 12.5. The molecule has 156 valence electrons. The number of rotatable bonds is 6. The van der Waals surface area contributed by atoms with Crippen molar-refractivity contribution >= 4 is 17.7 Å². The Morgan fingerprint density at radius 2 is 2.03 bits per heavy atom. The third-order valence-electron chi connectivity index (χ3n) is 4.74. The van der Waals surface area contributed by atoms with E-state index in [1.807, 2.05) is 32.0 Å². The minimum atomic E-state index is -0.640. The largest absolute Gasteiger partial charge is 0.486 e. The van der Waals surface area contributed by atoms with Crippen molar-refractivity contribution in [1.29, 1.82) is 0 Å². The van der Waals surface area contributed by atoms with Gasteiger partial charge in [-0.15, -0.1) is 0 Å². The number of hydrogen-bond acceptors (Lipinski definition) is 8. The van der Waals surface area contributed by atoms with E-state index in [1.54, 1.807) is 0 Å². The molecular weight excluding hydrogens is 390 g/mol. The average molecular weight is 411 g/mol. The fourth-order valence-electron chi connectivity index (χ4n) is 3.24. The van der Waals surface area contributed by atoms with Gasteiger partial charge in [-0.25, -0.2) is 14.3 Å². The fraction of sp³-hybridized carbons (Fsp3) is 0.350. The van der Waals surface area contributed by atoms with E-state index in [4.69, 9.17) is 14.2 Å². The van der Waals surface area contributed by atoms with Crippen LogP contribution in [0, 0.1) is 0 Å². The number of nitrogens with one attached hydrogen (secondary N) is 1. The number of nitrogens with zero attached hydrogens (tertiary/aromatic N) is 4. The van der Waals surface area contributed by atoms with Crippen LogP contribution in [0.2, 0.25) is 0 Å². The Labute approximate surface area is 172 Å². The van der Waals surface area contributed by atoms with Gasteiger partial charge in [0.1, 0.15) is 19.5 Å². The van der Waals surface area contributed by atoms with Crippen LogP contribution >= 0.6 is 0 Å². The molecule has 30 heavy (non-hydrogen) atoms. The van der Waals surface area contributed by atoms with E-state index in [1.165, 1.54) is 17.0 Å². The molecule has 0 fully saturated rings. The maximum Gasteiger partial charge on any atom is 0.342 e. The number of aryl methyl sites for hydroxylation is 1. The van der Waals surface area contributed by atoms with E-state index in [2.05, 4.69) is 20.4 Å². The van der Waals surface area contributed by atoms with E-state index in [0.717, 1.165) is 5.56 Å². The summed E-state index contributed by atoms with van der Waals surface area (Å²) < 4.78 is 17.7. The molecule has 1 aliphatic rings. The first-order valence-electron chi connectivity index (χ1n) is 9.60. The zero-order chi connectivity index (χ0) is 21.1. The van der Waals surface area contributed by atoms with E-state index < -0.39 is 18.5 Å². The molecular formula is C20H21N5O5. The molecule has 1 atom stereocenters. The number of carbonyl (C=O) groups excluding carboxylic acids is 2. The van der Waals surface area contributed by atoms with Crippen LogP contribution in [0.5, 0.6) is 11.5 Å². The number of fused-ring (bicyclic) bond motifs is 2. The summed E-state index contributed by atoms with van der Waals surface area (Å²) in [5.74, 6) is 0.670. The summed E-state index contributed by atoms with van der Waals surface area (Å²) in [6.07, 6.45) is 3.28. The van der Waals surface area contributed by atoms with Gasteiger partial charge in [-0.1, -0.05) is 13.0 Å². The van der Waals surface area contributed by atoms with Gasteiger partial charge in [-0.2, -0.15) is 10.1 Å². The van der Waals surface area contributed by atoms with Crippen LogP contribution in [-0.4, -0.2) is 51.3 Å². The fourth-order valence-corrected chi connectivity index (χ4v) is 3.24. The van der Waals surface area contributed by atoms with E-state index >= 15 is 0 Å². The molecule has 3 aromatic rings. The van der Waals surface area contributed by atoms with Crippen molar-refractivity contribution in [2.45, 2.75) is 26.3 Å². The summed E-state index contributed by atoms with van der Waals surface area (Å²) in [4.78, 5) is 32.9. The molecule has 0 saturated heterocycles. The van der Waals surface area contributed by atoms with Crippen molar-refractivity contribution in [2.24, 2.45) is 0 Å². The summed E-state index contributed by atoms with van der Waals surface area (Å²) in [7, 11) is 0. The molecule has 2 aromatic heterocycles. The molecule has 1 aromatic carbocycles. The third kappa shape index (κ3) is 3.88. The Morgan fingerprint density at radius 1 is 1.23 bits per heavy atom. The molecule has 1 aliphatic heterocycles. The monoisotopic (exact) mass is 411 g/mol. The number of ether oxygens (including phenoxy) is 3. The van der Waals surface area contributed by atoms with E-state index in [0.29, 0.717) is 42.6 Å². The Morgan fingerprint density at radius 3 is 2.83 bits per heavy atom. The summed E-state index contributed by atoms with van der Waals surface area (Å²) in [5, 5.41) is 6.88. The lowest BCUT2D eigenvalue weighted by Gasteiger charge is -2.21. The zero-order valence-electron chi connectivity index (χ0n) is 16.6. The molecule has 10 heteroatoms. The molecule has 4 rings (SSSR count). The molecule has 3 heterocycles. The molecule has 1 N–H and O–H groups in total. The predicted octanol–water partition coefficient (Wildman–Crippen LogP) is 1.49. The number of aromatic nitrogens is 4. The highest BCUT2D eigenvalue weighted by molar-refractivity contribution is 5.92. The minimum Gasteiger partial charge on any atom is -0.486 e. The second-order valence-electron chi connectivity index (χ2n) is 6.71. The van der Waals surface area contributed by atoms with Crippen molar-refractivity contribution < 1.29 is 23.8 Å².